The van der Waals surface area contributed by atoms with Crippen LogP contribution < -0.4 is 10.5 Å². The summed E-state index contributed by atoms with van der Waals surface area (Å²) >= 11 is 3.20. The van der Waals surface area contributed by atoms with E-state index >= 15 is 0 Å². The van der Waals surface area contributed by atoms with Gasteiger partial charge >= 0.3 is 0 Å². The number of hydrogen-bond donors (Lipinski definition) is 2. The summed E-state index contributed by atoms with van der Waals surface area (Å²) in [4.78, 5) is 2.06. The molecular weight excluding hydrogens is 306 g/mol. The summed E-state index contributed by atoms with van der Waals surface area (Å²) in [5.41, 5.74) is 6.00. The minimum Gasteiger partial charge on any atom is -0.399 e. The fourth-order valence-electron chi connectivity index (χ4n) is 1.21. The van der Waals surface area contributed by atoms with E-state index < -0.39 is 10.0 Å². The number of likely N-dealkylation sites (N-methyl/N-ethyl adjacent to an activating group) is 1. The molecule has 1 aromatic carbocycles. The van der Waals surface area contributed by atoms with Crippen molar-refractivity contribution < 1.29 is 8.42 Å². The third kappa shape index (κ3) is 4.27. The molecule has 0 saturated heterocycles. The van der Waals surface area contributed by atoms with Gasteiger partial charge in [-0.15, -0.1) is 0 Å². The van der Waals surface area contributed by atoms with E-state index in [4.69, 9.17) is 5.73 Å². The lowest BCUT2D eigenvalue weighted by molar-refractivity contribution is 0.412. The van der Waals surface area contributed by atoms with Crippen LogP contribution >= 0.6 is 15.9 Å². The molecule has 7 heteroatoms. The third-order valence-electron chi connectivity index (χ3n) is 2.10. The predicted octanol–water partition coefficient (Wildman–Crippen LogP) is 0.871. The number of anilines is 1. The first kappa shape index (κ1) is 14.4. The lowest BCUT2D eigenvalue weighted by Crippen LogP contribution is -2.31. The Balaban J connectivity index is 2.86. The van der Waals surface area contributed by atoms with Crippen LogP contribution in [0.5, 0.6) is 0 Å². The van der Waals surface area contributed by atoms with Gasteiger partial charge < -0.3 is 10.6 Å². The molecule has 0 saturated carbocycles. The lowest BCUT2D eigenvalue weighted by atomic mass is 10.3. The number of halogens is 1. The summed E-state index contributed by atoms with van der Waals surface area (Å²) in [5, 5.41) is 0. The minimum atomic E-state index is -3.51. The zero-order chi connectivity index (χ0) is 13.1. The lowest BCUT2D eigenvalue weighted by Gasteiger charge is -2.12. The first-order valence-corrected chi connectivity index (χ1v) is 7.30. The van der Waals surface area contributed by atoms with Gasteiger partial charge in [-0.25, -0.2) is 13.1 Å². The SMILES string of the molecule is CN(C)CCNS(=O)(=O)c1cc(N)ccc1Br. The summed E-state index contributed by atoms with van der Waals surface area (Å²) in [6.07, 6.45) is 0. The van der Waals surface area contributed by atoms with Gasteiger partial charge in [0.1, 0.15) is 0 Å². The Bertz CT molecular complexity index is 488. The van der Waals surface area contributed by atoms with Crippen LogP contribution in [0, 0.1) is 0 Å². The second-order valence-electron chi connectivity index (χ2n) is 3.89. The van der Waals surface area contributed by atoms with E-state index in [1.54, 1.807) is 12.1 Å². The van der Waals surface area contributed by atoms with Crippen molar-refractivity contribution in [2.75, 3.05) is 32.9 Å². The van der Waals surface area contributed by atoms with Gasteiger partial charge in [0, 0.05) is 23.2 Å². The molecule has 3 N–H and O–H groups in total. The van der Waals surface area contributed by atoms with Crippen LogP contribution in [0.2, 0.25) is 0 Å². The second kappa shape index (κ2) is 5.81. The van der Waals surface area contributed by atoms with Gasteiger partial charge in [-0.2, -0.15) is 0 Å². The zero-order valence-corrected chi connectivity index (χ0v) is 12.2. The van der Waals surface area contributed by atoms with E-state index in [0.29, 0.717) is 23.2 Å². The number of nitrogens with one attached hydrogen (secondary N) is 1. The number of sulfonamides is 1. The summed E-state index contributed by atoms with van der Waals surface area (Å²) in [6, 6.07) is 4.70. The number of nitrogens with zero attached hydrogens (tertiary/aromatic N) is 1. The van der Waals surface area contributed by atoms with Crippen molar-refractivity contribution in [2.45, 2.75) is 4.90 Å². The van der Waals surface area contributed by atoms with Gasteiger partial charge in [0.15, 0.2) is 0 Å². The Morgan fingerprint density at radius 3 is 2.65 bits per heavy atom. The zero-order valence-electron chi connectivity index (χ0n) is 9.77. The van der Waals surface area contributed by atoms with Crippen molar-refractivity contribution in [1.82, 2.24) is 9.62 Å². The Labute approximate surface area is 110 Å². The number of rotatable bonds is 5. The molecule has 96 valence electrons. The van der Waals surface area contributed by atoms with Crippen LogP contribution in [0.1, 0.15) is 0 Å². The number of hydrogen-bond acceptors (Lipinski definition) is 4. The predicted molar refractivity (Wildman–Crippen MR) is 72.3 cm³/mol. The van der Waals surface area contributed by atoms with Crippen molar-refractivity contribution in [2.24, 2.45) is 0 Å². The fraction of sp³-hybridized carbons (Fsp3) is 0.400. The van der Waals surface area contributed by atoms with Crippen molar-refractivity contribution in [3.63, 3.8) is 0 Å². The molecule has 5 nitrogen and oxygen atoms in total. The molecule has 0 amide bonds. The summed E-state index contributed by atoms with van der Waals surface area (Å²) < 4.78 is 27.0. The maximum absolute atomic E-state index is 12.0. The van der Waals surface area contributed by atoms with Crippen LogP contribution in [-0.2, 0) is 10.0 Å². The molecule has 1 rings (SSSR count). The fourth-order valence-corrected chi connectivity index (χ4v) is 3.22. The van der Waals surface area contributed by atoms with E-state index in [2.05, 4.69) is 20.7 Å². The smallest absolute Gasteiger partial charge is 0.241 e. The highest BCUT2D eigenvalue weighted by Gasteiger charge is 2.17. The molecule has 0 heterocycles. The van der Waals surface area contributed by atoms with Crippen molar-refractivity contribution in [3.8, 4) is 0 Å². The van der Waals surface area contributed by atoms with E-state index in [-0.39, 0.29) is 4.90 Å². The largest absolute Gasteiger partial charge is 0.399 e. The molecule has 0 bridgehead atoms. The van der Waals surface area contributed by atoms with Crippen molar-refractivity contribution in [1.29, 1.82) is 0 Å². The molecule has 0 atom stereocenters. The van der Waals surface area contributed by atoms with Crippen molar-refractivity contribution >= 4 is 31.6 Å². The van der Waals surface area contributed by atoms with Crippen LogP contribution in [0.4, 0.5) is 5.69 Å². The molecule has 17 heavy (non-hydrogen) atoms. The van der Waals surface area contributed by atoms with Crippen LogP contribution in [0.3, 0.4) is 0 Å². The molecule has 1 aromatic rings. The van der Waals surface area contributed by atoms with Crippen LogP contribution in [-0.4, -0.2) is 40.5 Å². The monoisotopic (exact) mass is 321 g/mol. The second-order valence-corrected chi connectivity index (χ2v) is 6.48. The van der Waals surface area contributed by atoms with Gasteiger partial charge in [-0.05, 0) is 48.2 Å². The summed E-state index contributed by atoms with van der Waals surface area (Å²) in [6.45, 7) is 0.996. The van der Waals surface area contributed by atoms with E-state index in [1.807, 2.05) is 19.0 Å². The first-order chi connectivity index (χ1) is 7.83. The standard InChI is InChI=1S/C10H16BrN3O2S/c1-14(2)6-5-13-17(15,16)10-7-8(12)3-4-9(10)11/h3-4,7,13H,5-6,12H2,1-2H3. The first-order valence-electron chi connectivity index (χ1n) is 5.02. The molecule has 0 unspecified atom stereocenters. The Morgan fingerprint density at radius 1 is 1.41 bits per heavy atom. The molecule has 0 aromatic heterocycles. The average Bonchev–Trinajstić information content (AvgIpc) is 2.20. The summed E-state index contributed by atoms with van der Waals surface area (Å²) in [7, 11) is 0.247. The normalized spacial score (nSPS) is 12.0. The average molecular weight is 322 g/mol. The van der Waals surface area contributed by atoms with E-state index in [1.165, 1.54) is 6.07 Å². The van der Waals surface area contributed by atoms with Gasteiger partial charge in [0.05, 0.1) is 4.90 Å². The highest BCUT2D eigenvalue weighted by Crippen LogP contribution is 2.23. The Kier molecular flexibility index (Phi) is 4.93. The van der Waals surface area contributed by atoms with Crippen LogP contribution in [0.25, 0.3) is 0 Å². The minimum absolute atomic E-state index is 0.163. The Hall–Kier alpha value is -0.630. The summed E-state index contributed by atoms with van der Waals surface area (Å²) in [5.74, 6) is 0. The quantitative estimate of drug-likeness (QED) is 0.789. The van der Waals surface area contributed by atoms with Crippen molar-refractivity contribution in [3.05, 3.63) is 22.7 Å². The maximum Gasteiger partial charge on any atom is 0.241 e. The topological polar surface area (TPSA) is 75.4 Å². The third-order valence-corrected chi connectivity index (χ3v) is 4.55. The molecule has 0 aliphatic heterocycles. The molecule has 0 radical (unpaired) electrons. The van der Waals surface area contributed by atoms with E-state index in [9.17, 15) is 8.42 Å². The highest BCUT2D eigenvalue weighted by molar-refractivity contribution is 9.10. The Morgan fingerprint density at radius 2 is 2.06 bits per heavy atom. The number of nitrogen functional groups attached to an aromatic ring is 1. The van der Waals surface area contributed by atoms with Crippen LogP contribution in [0.15, 0.2) is 27.6 Å². The molecule has 0 spiro atoms. The van der Waals surface area contributed by atoms with Gasteiger partial charge in [-0.1, -0.05) is 0 Å². The molecule has 0 fully saturated rings. The number of nitrogens with two attached hydrogens (primary N) is 1. The van der Waals surface area contributed by atoms with E-state index in [0.717, 1.165) is 0 Å². The van der Waals surface area contributed by atoms with Gasteiger partial charge in [0.2, 0.25) is 10.0 Å². The number of benzene rings is 1. The maximum atomic E-state index is 12.0. The molecular formula is C10H16BrN3O2S. The highest BCUT2D eigenvalue weighted by atomic mass is 79.9. The van der Waals surface area contributed by atoms with Gasteiger partial charge in [0.25, 0.3) is 0 Å². The molecule has 0 aliphatic carbocycles. The molecule has 0 aliphatic rings. The van der Waals surface area contributed by atoms with Gasteiger partial charge in [-0.3, -0.25) is 0 Å².